The minimum atomic E-state index is -0.540. The smallest absolute Gasteiger partial charge is 0.343 e. The third kappa shape index (κ3) is 5.68. The van der Waals surface area contributed by atoms with Gasteiger partial charge in [0.05, 0.1) is 25.1 Å². The van der Waals surface area contributed by atoms with Gasteiger partial charge in [0.2, 0.25) is 5.91 Å². The number of hydrogen-bond donors (Lipinski definition) is 1. The number of anilines is 1. The average Bonchev–Trinajstić information content (AvgIpc) is 3.19. The lowest BCUT2D eigenvalue weighted by Gasteiger charge is -2.12. The highest BCUT2D eigenvalue weighted by molar-refractivity contribution is 6.32. The molecule has 0 fully saturated rings. The van der Waals surface area contributed by atoms with Crippen LogP contribution in [0, 0.1) is 13.8 Å². The van der Waals surface area contributed by atoms with Crippen molar-refractivity contribution >= 4 is 29.3 Å². The summed E-state index contributed by atoms with van der Waals surface area (Å²) in [5, 5.41) is 7.80. The summed E-state index contributed by atoms with van der Waals surface area (Å²) in [6, 6.07) is 13.0. The lowest BCUT2D eigenvalue weighted by molar-refractivity contribution is -0.116. The predicted molar refractivity (Wildman–Crippen MR) is 124 cm³/mol. The van der Waals surface area contributed by atoms with Crippen LogP contribution >= 0.6 is 11.6 Å². The van der Waals surface area contributed by atoms with Crippen molar-refractivity contribution in [3.8, 4) is 11.4 Å². The van der Waals surface area contributed by atoms with Crippen molar-refractivity contribution in [1.29, 1.82) is 0 Å². The Hall–Kier alpha value is -3.32. The van der Waals surface area contributed by atoms with Crippen molar-refractivity contribution in [2.24, 2.45) is 0 Å². The topological polar surface area (TPSA) is 82.5 Å². The summed E-state index contributed by atoms with van der Waals surface area (Å²) in [6.45, 7) is 6.17. The van der Waals surface area contributed by atoms with Crippen LogP contribution in [-0.2, 0) is 9.53 Å². The molecule has 8 heteroatoms. The molecule has 1 aromatic heterocycles. The Balaban J connectivity index is 1.65. The summed E-state index contributed by atoms with van der Waals surface area (Å²) in [5.74, 6) is 0.211. The van der Waals surface area contributed by atoms with Gasteiger partial charge < -0.3 is 14.8 Å². The summed E-state index contributed by atoms with van der Waals surface area (Å²) in [5.41, 5.74) is 2.81. The number of benzene rings is 2. The Kier molecular flexibility index (Phi) is 7.89. The van der Waals surface area contributed by atoms with E-state index >= 15 is 0 Å². The Morgan fingerprint density at radius 3 is 2.47 bits per heavy atom. The molecule has 32 heavy (non-hydrogen) atoms. The fourth-order valence-electron chi connectivity index (χ4n) is 3.20. The van der Waals surface area contributed by atoms with E-state index in [1.165, 1.54) is 10.9 Å². The van der Waals surface area contributed by atoms with E-state index < -0.39 is 5.97 Å². The maximum Gasteiger partial charge on any atom is 0.343 e. The Morgan fingerprint density at radius 1 is 1.12 bits per heavy atom. The van der Waals surface area contributed by atoms with Gasteiger partial charge in [0, 0.05) is 11.4 Å². The molecule has 2 aromatic carbocycles. The second kappa shape index (κ2) is 10.8. The third-order valence-corrected chi connectivity index (χ3v) is 5.35. The maximum atomic E-state index is 12.6. The van der Waals surface area contributed by atoms with Crippen molar-refractivity contribution in [3.05, 3.63) is 70.4 Å². The van der Waals surface area contributed by atoms with Gasteiger partial charge in [-0.2, -0.15) is 5.10 Å². The molecule has 3 rings (SSSR count). The van der Waals surface area contributed by atoms with Gasteiger partial charge in [-0.25, -0.2) is 9.48 Å². The molecule has 0 aliphatic heterocycles. The van der Waals surface area contributed by atoms with E-state index in [1.54, 1.807) is 6.92 Å². The second-order valence-corrected chi connectivity index (χ2v) is 7.62. The zero-order valence-corrected chi connectivity index (χ0v) is 19.1. The van der Waals surface area contributed by atoms with E-state index in [-0.39, 0.29) is 30.3 Å². The van der Waals surface area contributed by atoms with E-state index in [0.717, 1.165) is 27.6 Å². The fourth-order valence-corrected chi connectivity index (χ4v) is 3.31. The lowest BCUT2D eigenvalue weighted by atomic mass is 10.1. The van der Waals surface area contributed by atoms with Gasteiger partial charge in [-0.15, -0.1) is 0 Å². The number of nitrogens with one attached hydrogen (secondary N) is 1. The number of hydrogen-bond acceptors (Lipinski definition) is 5. The van der Waals surface area contributed by atoms with Gasteiger partial charge in [0.1, 0.15) is 11.3 Å². The van der Waals surface area contributed by atoms with Crippen molar-refractivity contribution in [1.82, 2.24) is 9.78 Å². The number of rotatable bonds is 9. The second-order valence-electron chi connectivity index (χ2n) is 7.25. The Labute approximate surface area is 192 Å². The van der Waals surface area contributed by atoms with Crippen LogP contribution in [0.2, 0.25) is 5.02 Å². The SMILES string of the molecule is CCOC(=O)c1cnn(-c2ccccc2)c1NC(=O)CCCOc1cc(C)c(Cl)c(C)c1. The summed E-state index contributed by atoms with van der Waals surface area (Å²) in [6.07, 6.45) is 2.11. The Morgan fingerprint density at radius 2 is 1.81 bits per heavy atom. The molecular weight excluding hydrogens is 430 g/mol. The molecule has 0 saturated carbocycles. The largest absolute Gasteiger partial charge is 0.494 e. The number of amides is 1. The number of aromatic nitrogens is 2. The van der Waals surface area contributed by atoms with Crippen LogP contribution in [0.25, 0.3) is 5.69 Å². The molecule has 0 saturated heterocycles. The van der Waals surface area contributed by atoms with Gasteiger partial charge in [0.25, 0.3) is 0 Å². The number of halogens is 1. The van der Waals surface area contributed by atoms with Gasteiger partial charge in [-0.05, 0) is 62.6 Å². The Bertz CT molecular complexity index is 1070. The van der Waals surface area contributed by atoms with Crippen molar-refractivity contribution in [2.75, 3.05) is 18.5 Å². The molecule has 0 unspecified atom stereocenters. The van der Waals surface area contributed by atoms with Crippen molar-refractivity contribution < 1.29 is 19.1 Å². The van der Waals surface area contributed by atoms with E-state index in [2.05, 4.69) is 10.4 Å². The molecule has 1 N–H and O–H groups in total. The molecule has 0 aliphatic rings. The summed E-state index contributed by atoms with van der Waals surface area (Å²) in [4.78, 5) is 24.9. The number of carbonyl (C=O) groups is 2. The monoisotopic (exact) mass is 455 g/mol. The van der Waals surface area contributed by atoms with Gasteiger partial charge in [-0.1, -0.05) is 29.8 Å². The highest BCUT2D eigenvalue weighted by atomic mass is 35.5. The first kappa shape index (κ1) is 23.3. The van der Waals surface area contributed by atoms with Crippen molar-refractivity contribution in [2.45, 2.75) is 33.6 Å². The molecule has 0 aliphatic carbocycles. The zero-order valence-electron chi connectivity index (χ0n) is 18.4. The molecule has 1 amide bonds. The summed E-state index contributed by atoms with van der Waals surface area (Å²) < 4.78 is 12.4. The minimum Gasteiger partial charge on any atom is -0.494 e. The highest BCUT2D eigenvalue weighted by Gasteiger charge is 2.21. The van der Waals surface area contributed by atoms with Gasteiger partial charge >= 0.3 is 5.97 Å². The molecule has 168 valence electrons. The first-order valence-corrected chi connectivity index (χ1v) is 10.8. The van der Waals surface area contributed by atoms with E-state index in [0.29, 0.717) is 13.0 Å². The minimum absolute atomic E-state index is 0.201. The standard InChI is InChI=1S/C24H26ClN3O4/c1-4-31-24(30)20-15-26-28(18-9-6-5-7-10-18)23(20)27-21(29)11-8-12-32-19-13-16(2)22(25)17(3)14-19/h5-7,9-10,13-15H,4,8,11-12H2,1-3H3,(H,27,29). The third-order valence-electron chi connectivity index (χ3n) is 4.75. The van der Waals surface area contributed by atoms with Crippen LogP contribution in [0.1, 0.15) is 41.3 Å². The lowest BCUT2D eigenvalue weighted by Crippen LogP contribution is -2.18. The van der Waals surface area contributed by atoms with Crippen LogP contribution in [0.3, 0.4) is 0 Å². The zero-order chi connectivity index (χ0) is 23.1. The number of ether oxygens (including phenoxy) is 2. The molecule has 0 spiro atoms. The molecule has 0 atom stereocenters. The molecule has 1 heterocycles. The molecule has 7 nitrogen and oxygen atoms in total. The molecule has 3 aromatic rings. The van der Waals surface area contributed by atoms with Crippen LogP contribution < -0.4 is 10.1 Å². The quantitative estimate of drug-likeness (QED) is 0.358. The van der Waals surface area contributed by atoms with Gasteiger partial charge in [0.15, 0.2) is 5.82 Å². The van der Waals surface area contributed by atoms with E-state index in [4.69, 9.17) is 21.1 Å². The maximum absolute atomic E-state index is 12.6. The number of esters is 1. The fraction of sp³-hybridized carbons (Fsp3) is 0.292. The van der Waals surface area contributed by atoms with E-state index in [1.807, 2.05) is 56.3 Å². The molecule has 0 bridgehead atoms. The first-order valence-electron chi connectivity index (χ1n) is 10.4. The van der Waals surface area contributed by atoms with Crippen LogP contribution in [0.4, 0.5) is 5.82 Å². The normalized spacial score (nSPS) is 10.6. The van der Waals surface area contributed by atoms with E-state index in [9.17, 15) is 9.59 Å². The first-order chi connectivity index (χ1) is 15.4. The average molecular weight is 456 g/mol. The number of aryl methyl sites for hydroxylation is 2. The number of para-hydroxylation sites is 1. The van der Waals surface area contributed by atoms with Gasteiger partial charge in [-0.3, -0.25) is 4.79 Å². The number of carbonyl (C=O) groups excluding carboxylic acids is 2. The van der Waals surface area contributed by atoms with Crippen LogP contribution in [0.15, 0.2) is 48.7 Å². The van der Waals surface area contributed by atoms with Crippen LogP contribution in [0.5, 0.6) is 5.75 Å². The molecule has 0 radical (unpaired) electrons. The predicted octanol–water partition coefficient (Wildman–Crippen LogP) is 5.12. The summed E-state index contributed by atoms with van der Waals surface area (Å²) >= 11 is 6.18. The number of nitrogens with zero attached hydrogens (tertiary/aromatic N) is 2. The molecular formula is C24H26ClN3O4. The van der Waals surface area contributed by atoms with Crippen molar-refractivity contribution in [3.63, 3.8) is 0 Å². The highest BCUT2D eigenvalue weighted by Crippen LogP contribution is 2.26. The summed E-state index contributed by atoms with van der Waals surface area (Å²) in [7, 11) is 0. The van der Waals surface area contributed by atoms with Crippen LogP contribution in [-0.4, -0.2) is 34.9 Å².